The Labute approximate surface area is 152 Å². The van der Waals surface area contributed by atoms with Crippen LogP contribution >= 0.6 is 11.8 Å². The molecule has 0 fully saturated rings. The largest absolute Gasteiger partial charge is 0.494 e. The Hall–Kier alpha value is -2.05. The van der Waals surface area contributed by atoms with E-state index in [0.29, 0.717) is 18.9 Å². The van der Waals surface area contributed by atoms with Crippen LogP contribution in [0.15, 0.2) is 53.4 Å². The summed E-state index contributed by atoms with van der Waals surface area (Å²) in [6.07, 6.45) is 2.76. The second-order valence-electron chi connectivity index (χ2n) is 5.64. The Balaban J connectivity index is 1.68. The van der Waals surface area contributed by atoms with Crippen LogP contribution in [-0.4, -0.2) is 43.8 Å². The Morgan fingerprint density at radius 3 is 2.64 bits per heavy atom. The second kappa shape index (κ2) is 10.1. The number of ether oxygens (including phenoxy) is 1. The minimum atomic E-state index is -0.277. The Morgan fingerprint density at radius 2 is 1.92 bits per heavy atom. The molecule has 0 atom stereocenters. The highest BCUT2D eigenvalue weighted by Gasteiger charge is 2.09. The first-order chi connectivity index (χ1) is 12.1. The number of nitrogens with zero attached hydrogens (tertiary/aromatic N) is 1. The Morgan fingerprint density at radius 1 is 1.20 bits per heavy atom. The van der Waals surface area contributed by atoms with Gasteiger partial charge in [0.05, 0.1) is 18.8 Å². The van der Waals surface area contributed by atoms with Gasteiger partial charge in [-0.2, -0.15) is 0 Å². The summed E-state index contributed by atoms with van der Waals surface area (Å²) in [5, 5.41) is 2.95. The SMILES string of the molecule is CSc1ccccc1NC(=O)CN(C)CCCOc1ccc(F)cc1. The van der Waals surface area contributed by atoms with Crippen LogP contribution in [0.2, 0.25) is 0 Å². The van der Waals surface area contributed by atoms with Gasteiger partial charge in [0, 0.05) is 11.4 Å². The molecule has 2 rings (SSSR count). The van der Waals surface area contributed by atoms with Crippen LogP contribution in [0.25, 0.3) is 0 Å². The number of benzene rings is 2. The van der Waals surface area contributed by atoms with E-state index >= 15 is 0 Å². The lowest BCUT2D eigenvalue weighted by atomic mass is 10.3. The van der Waals surface area contributed by atoms with E-state index in [2.05, 4.69) is 5.32 Å². The molecule has 6 heteroatoms. The number of hydrogen-bond acceptors (Lipinski definition) is 4. The number of carbonyl (C=O) groups is 1. The molecule has 25 heavy (non-hydrogen) atoms. The lowest BCUT2D eigenvalue weighted by molar-refractivity contribution is -0.117. The number of halogens is 1. The highest BCUT2D eigenvalue weighted by molar-refractivity contribution is 7.98. The number of thioether (sulfide) groups is 1. The van der Waals surface area contributed by atoms with Gasteiger partial charge in [-0.05, 0) is 56.1 Å². The van der Waals surface area contributed by atoms with Gasteiger partial charge in [0.25, 0.3) is 0 Å². The number of amides is 1. The fourth-order valence-electron chi connectivity index (χ4n) is 2.32. The molecule has 0 radical (unpaired) electrons. The predicted octanol–water partition coefficient (Wildman–Crippen LogP) is 3.89. The molecule has 0 saturated carbocycles. The first-order valence-electron chi connectivity index (χ1n) is 8.08. The first kappa shape index (κ1) is 19.3. The Bertz CT molecular complexity index is 679. The molecule has 0 bridgehead atoms. The monoisotopic (exact) mass is 362 g/mol. The third-order valence-corrected chi connectivity index (χ3v) is 4.36. The van der Waals surface area contributed by atoms with Crippen molar-refractivity contribution in [3.63, 3.8) is 0 Å². The van der Waals surface area contributed by atoms with Gasteiger partial charge in [-0.1, -0.05) is 12.1 Å². The molecule has 4 nitrogen and oxygen atoms in total. The van der Waals surface area contributed by atoms with Crippen LogP contribution in [0, 0.1) is 5.82 Å². The van der Waals surface area contributed by atoms with Gasteiger partial charge in [-0.15, -0.1) is 11.8 Å². The van der Waals surface area contributed by atoms with Crippen molar-refractivity contribution in [1.29, 1.82) is 0 Å². The molecule has 0 aliphatic carbocycles. The summed E-state index contributed by atoms with van der Waals surface area (Å²) in [4.78, 5) is 15.1. The zero-order valence-corrected chi connectivity index (χ0v) is 15.3. The normalized spacial score (nSPS) is 10.7. The number of likely N-dealkylation sites (N-methyl/N-ethyl adjacent to an activating group) is 1. The van der Waals surface area contributed by atoms with Crippen LogP contribution in [0.3, 0.4) is 0 Å². The van der Waals surface area contributed by atoms with Crippen LogP contribution in [0.5, 0.6) is 5.75 Å². The summed E-state index contributed by atoms with van der Waals surface area (Å²) in [5.41, 5.74) is 0.841. The van der Waals surface area contributed by atoms with E-state index in [1.807, 2.05) is 42.5 Å². The van der Waals surface area contributed by atoms with Crippen molar-refractivity contribution in [2.45, 2.75) is 11.3 Å². The van der Waals surface area contributed by atoms with Crippen LogP contribution in [0.1, 0.15) is 6.42 Å². The number of para-hydroxylation sites is 1. The highest BCUT2D eigenvalue weighted by Crippen LogP contribution is 2.24. The summed E-state index contributed by atoms with van der Waals surface area (Å²) in [5.74, 6) is 0.333. The summed E-state index contributed by atoms with van der Waals surface area (Å²) >= 11 is 1.60. The Kier molecular flexibility index (Phi) is 7.76. The standard InChI is InChI=1S/C19H23FN2O2S/c1-22(12-5-13-24-16-10-8-15(20)9-11-16)14-19(23)21-17-6-3-4-7-18(17)25-2/h3-4,6-11H,5,12-14H2,1-2H3,(H,21,23). The lowest BCUT2D eigenvalue weighted by Gasteiger charge is -2.17. The molecule has 2 aromatic carbocycles. The van der Waals surface area contributed by atoms with Crippen molar-refractivity contribution in [3.8, 4) is 5.75 Å². The summed E-state index contributed by atoms with van der Waals surface area (Å²) in [6.45, 7) is 1.57. The van der Waals surface area contributed by atoms with E-state index in [9.17, 15) is 9.18 Å². The van der Waals surface area contributed by atoms with Crippen molar-refractivity contribution in [1.82, 2.24) is 4.90 Å². The molecule has 1 amide bonds. The molecule has 0 heterocycles. The molecular formula is C19H23FN2O2S. The van der Waals surface area contributed by atoms with Gasteiger partial charge in [0.2, 0.25) is 5.91 Å². The third-order valence-electron chi connectivity index (χ3n) is 3.56. The van der Waals surface area contributed by atoms with Gasteiger partial charge in [0.15, 0.2) is 0 Å². The fraction of sp³-hybridized carbons (Fsp3) is 0.316. The number of hydrogen-bond donors (Lipinski definition) is 1. The zero-order valence-electron chi connectivity index (χ0n) is 14.5. The van der Waals surface area contributed by atoms with E-state index in [1.165, 1.54) is 12.1 Å². The number of carbonyl (C=O) groups excluding carboxylic acids is 1. The lowest BCUT2D eigenvalue weighted by Crippen LogP contribution is -2.31. The van der Waals surface area contributed by atoms with Crippen molar-refractivity contribution in [3.05, 3.63) is 54.3 Å². The molecule has 0 unspecified atom stereocenters. The van der Waals surface area contributed by atoms with Crippen molar-refractivity contribution in [2.24, 2.45) is 0 Å². The van der Waals surface area contributed by atoms with Crippen LogP contribution in [-0.2, 0) is 4.79 Å². The van der Waals surface area contributed by atoms with Crippen molar-refractivity contribution in [2.75, 3.05) is 38.3 Å². The maximum absolute atomic E-state index is 12.8. The molecule has 1 N–H and O–H groups in total. The fourth-order valence-corrected chi connectivity index (χ4v) is 2.87. The highest BCUT2D eigenvalue weighted by atomic mass is 32.2. The minimum Gasteiger partial charge on any atom is -0.494 e. The molecule has 0 spiro atoms. The van der Waals surface area contributed by atoms with Crippen molar-refractivity contribution >= 4 is 23.4 Å². The summed E-state index contributed by atoms with van der Waals surface area (Å²) in [6, 6.07) is 13.7. The second-order valence-corrected chi connectivity index (χ2v) is 6.49. The van der Waals surface area contributed by atoms with Gasteiger partial charge in [-0.25, -0.2) is 4.39 Å². The molecule has 2 aromatic rings. The van der Waals surface area contributed by atoms with E-state index in [4.69, 9.17) is 4.74 Å². The maximum Gasteiger partial charge on any atom is 0.238 e. The third kappa shape index (κ3) is 6.76. The van der Waals surface area contributed by atoms with E-state index < -0.39 is 0 Å². The quantitative estimate of drug-likeness (QED) is 0.543. The van der Waals surface area contributed by atoms with Crippen LogP contribution < -0.4 is 10.1 Å². The average Bonchev–Trinajstić information content (AvgIpc) is 2.60. The zero-order chi connectivity index (χ0) is 18.1. The molecule has 0 aliphatic rings. The number of nitrogens with one attached hydrogen (secondary N) is 1. The maximum atomic E-state index is 12.8. The number of anilines is 1. The first-order valence-corrected chi connectivity index (χ1v) is 9.30. The van der Waals surface area contributed by atoms with Gasteiger partial charge in [-0.3, -0.25) is 9.69 Å². The topological polar surface area (TPSA) is 41.6 Å². The van der Waals surface area contributed by atoms with Crippen molar-refractivity contribution < 1.29 is 13.9 Å². The molecule has 0 saturated heterocycles. The van der Waals surface area contributed by atoms with Gasteiger partial charge in [0.1, 0.15) is 11.6 Å². The smallest absolute Gasteiger partial charge is 0.238 e. The molecule has 134 valence electrons. The summed E-state index contributed by atoms with van der Waals surface area (Å²) in [7, 11) is 1.90. The average molecular weight is 362 g/mol. The van der Waals surface area contributed by atoms with E-state index in [1.54, 1.807) is 23.9 Å². The minimum absolute atomic E-state index is 0.0385. The van der Waals surface area contributed by atoms with E-state index in [0.717, 1.165) is 23.5 Å². The van der Waals surface area contributed by atoms with E-state index in [-0.39, 0.29) is 11.7 Å². The van der Waals surface area contributed by atoms with Gasteiger partial charge >= 0.3 is 0 Å². The molecular weight excluding hydrogens is 339 g/mol. The van der Waals surface area contributed by atoms with Crippen LogP contribution in [0.4, 0.5) is 10.1 Å². The molecule has 0 aromatic heterocycles. The molecule has 0 aliphatic heterocycles. The predicted molar refractivity (Wildman–Crippen MR) is 101 cm³/mol. The summed E-state index contributed by atoms with van der Waals surface area (Å²) < 4.78 is 18.4. The van der Waals surface area contributed by atoms with Gasteiger partial charge < -0.3 is 10.1 Å². The number of rotatable bonds is 9.